The number of anilines is 1. The van der Waals surface area contributed by atoms with Crippen molar-refractivity contribution in [2.24, 2.45) is 17.3 Å². The summed E-state index contributed by atoms with van der Waals surface area (Å²) in [4.78, 5) is 18.0. The number of aromatic nitrogens is 1. The Hall–Kier alpha value is -1.65. The van der Waals surface area contributed by atoms with Gasteiger partial charge in [0.05, 0.1) is 15.6 Å². The smallest absolute Gasteiger partial charge is 0.232 e. The van der Waals surface area contributed by atoms with Gasteiger partial charge >= 0.3 is 0 Å². The van der Waals surface area contributed by atoms with Gasteiger partial charge in [0.15, 0.2) is 5.13 Å². The number of carbonyl (C=O) groups excluding carboxylic acids is 1. The minimum Gasteiger partial charge on any atom is -0.301 e. The van der Waals surface area contributed by atoms with E-state index in [-0.39, 0.29) is 16.2 Å². The summed E-state index contributed by atoms with van der Waals surface area (Å²) in [6.07, 6.45) is 6.26. The molecule has 3 nitrogen and oxygen atoms in total. The minimum absolute atomic E-state index is 0.144. The summed E-state index contributed by atoms with van der Waals surface area (Å²) in [5.74, 6) is 1.38. The fourth-order valence-electron chi connectivity index (χ4n) is 6.36. The molecule has 2 unspecified atom stereocenters. The molecule has 138 valence electrons. The standard InChI is InChI=1S/C22H21ClN2OS/c23-22-10-13-7-14(11-22)9-21(8-13,12-22)19(26)25-20-24-18-16-4-2-1-3-15(16)5-6-17(18)27-20/h1-6,13-14H,7-12H2,(H,24,25,26). The van der Waals surface area contributed by atoms with Crippen LogP contribution in [-0.4, -0.2) is 15.8 Å². The van der Waals surface area contributed by atoms with Crippen LogP contribution in [-0.2, 0) is 4.79 Å². The number of hydrogen-bond acceptors (Lipinski definition) is 3. The Labute approximate surface area is 167 Å². The van der Waals surface area contributed by atoms with Crippen LogP contribution in [0.25, 0.3) is 21.0 Å². The third-order valence-electron chi connectivity index (χ3n) is 6.98. The first-order valence-corrected chi connectivity index (χ1v) is 11.0. The van der Waals surface area contributed by atoms with Crippen LogP contribution in [0.15, 0.2) is 36.4 Å². The lowest BCUT2D eigenvalue weighted by Crippen LogP contribution is -2.57. The Morgan fingerprint density at radius 3 is 2.67 bits per heavy atom. The maximum atomic E-state index is 13.3. The number of thiazole rings is 1. The highest BCUT2D eigenvalue weighted by molar-refractivity contribution is 7.22. The molecule has 4 bridgehead atoms. The zero-order valence-corrected chi connectivity index (χ0v) is 16.6. The monoisotopic (exact) mass is 396 g/mol. The van der Waals surface area contributed by atoms with Crippen molar-refractivity contribution in [1.29, 1.82) is 0 Å². The zero-order chi connectivity index (χ0) is 18.2. The number of rotatable bonds is 2. The zero-order valence-electron chi connectivity index (χ0n) is 15.0. The van der Waals surface area contributed by atoms with Crippen LogP contribution >= 0.6 is 22.9 Å². The second-order valence-electron chi connectivity index (χ2n) is 9.00. The van der Waals surface area contributed by atoms with Gasteiger partial charge in [0.25, 0.3) is 0 Å². The van der Waals surface area contributed by atoms with Gasteiger partial charge in [0, 0.05) is 10.3 Å². The molecule has 1 N–H and O–H groups in total. The molecular formula is C22H21ClN2OS. The number of benzene rings is 2. The van der Waals surface area contributed by atoms with E-state index in [1.807, 2.05) is 12.1 Å². The fraction of sp³-hybridized carbons (Fsp3) is 0.455. The number of nitrogens with one attached hydrogen (secondary N) is 1. The Morgan fingerprint density at radius 2 is 1.89 bits per heavy atom. The maximum absolute atomic E-state index is 13.3. The first kappa shape index (κ1) is 16.3. The average Bonchev–Trinajstić information content (AvgIpc) is 3.02. The van der Waals surface area contributed by atoms with Crippen molar-refractivity contribution in [1.82, 2.24) is 4.98 Å². The Bertz CT molecular complexity index is 1080. The van der Waals surface area contributed by atoms with Crippen LogP contribution in [0.2, 0.25) is 0 Å². The SMILES string of the molecule is O=C(Nc1nc2c(ccc3ccccc32)s1)C12CC3CC(CC(Cl)(C3)C1)C2. The van der Waals surface area contributed by atoms with Crippen molar-refractivity contribution < 1.29 is 4.79 Å². The van der Waals surface area contributed by atoms with E-state index in [2.05, 4.69) is 29.6 Å². The number of hydrogen-bond donors (Lipinski definition) is 1. The molecule has 4 fully saturated rings. The molecule has 27 heavy (non-hydrogen) atoms. The molecule has 7 rings (SSSR count). The molecule has 0 aliphatic heterocycles. The van der Waals surface area contributed by atoms with Gasteiger partial charge in [0.2, 0.25) is 5.91 Å². The molecular weight excluding hydrogens is 376 g/mol. The fourth-order valence-corrected chi connectivity index (χ4v) is 7.93. The van der Waals surface area contributed by atoms with Gasteiger partial charge in [-0.05, 0) is 61.8 Å². The van der Waals surface area contributed by atoms with Crippen LogP contribution in [0.5, 0.6) is 0 Å². The van der Waals surface area contributed by atoms with Gasteiger partial charge in [-0.25, -0.2) is 4.98 Å². The summed E-state index contributed by atoms with van der Waals surface area (Å²) in [6.45, 7) is 0. The van der Waals surface area contributed by atoms with E-state index in [0.717, 1.165) is 47.7 Å². The van der Waals surface area contributed by atoms with E-state index in [0.29, 0.717) is 17.0 Å². The van der Waals surface area contributed by atoms with Crippen LogP contribution in [0.4, 0.5) is 5.13 Å². The van der Waals surface area contributed by atoms with Crippen molar-refractivity contribution in [2.45, 2.75) is 43.4 Å². The van der Waals surface area contributed by atoms with Gasteiger partial charge < -0.3 is 5.32 Å². The summed E-state index contributed by atoms with van der Waals surface area (Å²) in [7, 11) is 0. The van der Waals surface area contributed by atoms with Crippen LogP contribution in [0.3, 0.4) is 0 Å². The van der Waals surface area contributed by atoms with Crippen molar-refractivity contribution in [3.8, 4) is 0 Å². The largest absolute Gasteiger partial charge is 0.301 e. The Morgan fingerprint density at radius 1 is 1.11 bits per heavy atom. The van der Waals surface area contributed by atoms with Crippen LogP contribution < -0.4 is 5.32 Å². The van der Waals surface area contributed by atoms with E-state index in [1.165, 1.54) is 11.8 Å². The lowest BCUT2D eigenvalue weighted by molar-refractivity contribution is -0.138. The molecule has 4 aliphatic rings. The summed E-state index contributed by atoms with van der Waals surface area (Å²) >= 11 is 8.47. The third kappa shape index (κ3) is 2.46. The van der Waals surface area contributed by atoms with Crippen molar-refractivity contribution in [3.05, 3.63) is 36.4 Å². The molecule has 1 heterocycles. The summed E-state index contributed by atoms with van der Waals surface area (Å²) in [5.41, 5.74) is 0.693. The van der Waals surface area contributed by atoms with Gasteiger partial charge in [-0.3, -0.25) is 4.79 Å². The van der Waals surface area contributed by atoms with Gasteiger partial charge in [-0.2, -0.15) is 0 Å². The highest BCUT2D eigenvalue weighted by Crippen LogP contribution is 2.64. The maximum Gasteiger partial charge on any atom is 0.232 e. The van der Waals surface area contributed by atoms with E-state index < -0.39 is 0 Å². The highest BCUT2D eigenvalue weighted by atomic mass is 35.5. The molecule has 0 saturated heterocycles. The molecule has 0 radical (unpaired) electrons. The van der Waals surface area contributed by atoms with Crippen molar-refractivity contribution in [2.75, 3.05) is 5.32 Å². The van der Waals surface area contributed by atoms with Gasteiger partial charge in [0.1, 0.15) is 0 Å². The summed E-state index contributed by atoms with van der Waals surface area (Å²) in [6, 6.07) is 12.5. The van der Waals surface area contributed by atoms with E-state index in [4.69, 9.17) is 16.6 Å². The van der Waals surface area contributed by atoms with Crippen molar-refractivity contribution in [3.63, 3.8) is 0 Å². The van der Waals surface area contributed by atoms with Crippen LogP contribution in [0.1, 0.15) is 38.5 Å². The molecule has 5 heteroatoms. The van der Waals surface area contributed by atoms with Crippen molar-refractivity contribution >= 4 is 55.0 Å². The van der Waals surface area contributed by atoms with E-state index in [1.54, 1.807) is 11.3 Å². The van der Waals surface area contributed by atoms with E-state index >= 15 is 0 Å². The average molecular weight is 397 g/mol. The predicted molar refractivity (Wildman–Crippen MR) is 111 cm³/mol. The third-order valence-corrected chi connectivity index (χ3v) is 8.35. The predicted octanol–water partition coefficient (Wildman–Crippen LogP) is 5.97. The Balaban J connectivity index is 1.35. The number of amides is 1. The normalized spacial score (nSPS) is 34.4. The summed E-state index contributed by atoms with van der Waals surface area (Å²) in [5, 5.41) is 6.21. The van der Waals surface area contributed by atoms with Gasteiger partial charge in [-0.15, -0.1) is 11.6 Å². The first-order valence-electron chi connectivity index (χ1n) is 9.81. The number of halogens is 1. The topological polar surface area (TPSA) is 42.0 Å². The number of nitrogens with zero attached hydrogens (tertiary/aromatic N) is 1. The highest BCUT2D eigenvalue weighted by Gasteiger charge is 2.60. The van der Waals surface area contributed by atoms with E-state index in [9.17, 15) is 4.79 Å². The second kappa shape index (κ2) is 5.45. The molecule has 0 spiro atoms. The summed E-state index contributed by atoms with van der Waals surface area (Å²) < 4.78 is 1.11. The molecule has 3 aromatic rings. The first-order chi connectivity index (χ1) is 13.0. The molecule has 2 aromatic carbocycles. The van der Waals surface area contributed by atoms with Crippen LogP contribution in [0, 0.1) is 17.3 Å². The molecule has 4 aliphatic carbocycles. The molecule has 1 aromatic heterocycles. The number of carbonyl (C=O) groups is 1. The number of alkyl halides is 1. The minimum atomic E-state index is -0.286. The molecule has 2 atom stereocenters. The quantitative estimate of drug-likeness (QED) is 0.542. The van der Waals surface area contributed by atoms with Gasteiger partial charge in [-0.1, -0.05) is 41.7 Å². The lowest BCUT2D eigenvalue weighted by Gasteiger charge is -2.59. The second-order valence-corrected chi connectivity index (χ2v) is 10.8. The number of fused-ring (bicyclic) bond motifs is 3. The Kier molecular flexibility index (Phi) is 3.29. The molecule has 4 saturated carbocycles. The lowest BCUT2D eigenvalue weighted by atomic mass is 9.49. The molecule has 1 amide bonds.